The van der Waals surface area contributed by atoms with Gasteiger partial charge in [-0.05, 0) is 12.1 Å². The molecule has 0 aliphatic heterocycles. The largest absolute Gasteiger partial charge is 0.508 e. The summed E-state index contributed by atoms with van der Waals surface area (Å²) in [6.45, 7) is -0.146. The number of halogens is 1. The third-order valence-corrected chi connectivity index (χ3v) is 2.00. The highest BCUT2D eigenvalue weighted by molar-refractivity contribution is 9.10. The monoisotopic (exact) mass is 202 g/mol. The molecule has 2 nitrogen and oxygen atoms in total. The van der Waals surface area contributed by atoms with E-state index in [0.717, 1.165) is 4.47 Å². The normalized spacial score (nSPS) is 9.80. The summed E-state index contributed by atoms with van der Waals surface area (Å²) in [7, 11) is 0. The lowest BCUT2D eigenvalue weighted by Crippen LogP contribution is -1.84. The highest BCUT2D eigenvalue weighted by atomic mass is 79.9. The Bertz CT molecular complexity index is 215. The Morgan fingerprint density at radius 3 is 2.50 bits per heavy atom. The molecule has 0 fully saturated rings. The fourth-order valence-electron chi connectivity index (χ4n) is 0.704. The van der Waals surface area contributed by atoms with Gasteiger partial charge in [-0.1, -0.05) is 22.0 Å². The number of hydrogen-bond acceptors (Lipinski definition) is 2. The summed E-state index contributed by atoms with van der Waals surface area (Å²) in [5.41, 5.74) is 0.530. The van der Waals surface area contributed by atoms with Crippen LogP contribution in [0.4, 0.5) is 0 Å². The molecule has 10 heavy (non-hydrogen) atoms. The molecule has 1 aromatic carbocycles. The number of phenols is 1. The molecule has 0 saturated carbocycles. The summed E-state index contributed by atoms with van der Waals surface area (Å²) < 4.78 is 0.731. The van der Waals surface area contributed by atoms with Crippen molar-refractivity contribution >= 4 is 15.9 Å². The first-order valence-electron chi connectivity index (χ1n) is 2.83. The van der Waals surface area contributed by atoms with Crippen LogP contribution in [0, 0.1) is 0 Å². The van der Waals surface area contributed by atoms with Gasteiger partial charge in [0, 0.05) is 10.0 Å². The van der Waals surface area contributed by atoms with Crippen molar-refractivity contribution in [1.82, 2.24) is 0 Å². The lowest BCUT2D eigenvalue weighted by molar-refractivity contribution is 0.274. The van der Waals surface area contributed by atoms with Crippen LogP contribution in [-0.4, -0.2) is 10.2 Å². The molecule has 2 N–H and O–H groups in total. The maximum absolute atomic E-state index is 9.10. The predicted octanol–water partition coefficient (Wildman–Crippen LogP) is 1.65. The quantitative estimate of drug-likeness (QED) is 0.728. The van der Waals surface area contributed by atoms with Crippen molar-refractivity contribution in [1.29, 1.82) is 0 Å². The van der Waals surface area contributed by atoms with Crippen molar-refractivity contribution in [3.63, 3.8) is 0 Å². The smallest absolute Gasteiger partial charge is 0.122 e. The molecule has 0 spiro atoms. The summed E-state index contributed by atoms with van der Waals surface area (Å²) in [6, 6.07) is 5.01. The molecular weight excluding hydrogens is 196 g/mol. The maximum Gasteiger partial charge on any atom is 0.122 e. The molecule has 0 aliphatic rings. The minimum atomic E-state index is -0.146. The van der Waals surface area contributed by atoms with Gasteiger partial charge in [-0.25, -0.2) is 0 Å². The first kappa shape index (κ1) is 7.57. The van der Waals surface area contributed by atoms with Gasteiger partial charge in [-0.15, -0.1) is 0 Å². The lowest BCUT2D eigenvalue weighted by atomic mass is 10.2. The molecule has 0 aromatic heterocycles. The maximum atomic E-state index is 9.10. The van der Waals surface area contributed by atoms with E-state index in [4.69, 9.17) is 10.2 Å². The van der Waals surface area contributed by atoms with Crippen LogP contribution in [0.15, 0.2) is 22.7 Å². The SMILES string of the molecule is OCc1c(O)cccc1Br. The Labute approximate surface area is 67.3 Å². The van der Waals surface area contributed by atoms with Crippen LogP contribution in [0.25, 0.3) is 0 Å². The van der Waals surface area contributed by atoms with Crippen molar-refractivity contribution in [3.8, 4) is 5.75 Å². The first-order chi connectivity index (χ1) is 4.75. The number of aliphatic hydroxyl groups is 1. The summed E-state index contributed by atoms with van der Waals surface area (Å²) >= 11 is 3.19. The Morgan fingerprint density at radius 1 is 1.40 bits per heavy atom. The predicted molar refractivity (Wildman–Crippen MR) is 41.7 cm³/mol. The minimum absolute atomic E-state index is 0.122. The molecule has 0 bridgehead atoms. The summed E-state index contributed by atoms with van der Waals surface area (Å²) in [4.78, 5) is 0. The van der Waals surface area contributed by atoms with E-state index in [2.05, 4.69) is 15.9 Å². The van der Waals surface area contributed by atoms with Gasteiger partial charge in [-0.2, -0.15) is 0 Å². The molecule has 0 unspecified atom stereocenters. The highest BCUT2D eigenvalue weighted by Crippen LogP contribution is 2.24. The van der Waals surface area contributed by atoms with Crippen LogP contribution in [0.5, 0.6) is 5.75 Å². The van der Waals surface area contributed by atoms with E-state index < -0.39 is 0 Å². The standard InChI is InChI=1S/C7H7BrO2/c8-6-2-1-3-7(10)5(6)4-9/h1-3,9-10H,4H2. The number of benzene rings is 1. The van der Waals surface area contributed by atoms with Gasteiger partial charge >= 0.3 is 0 Å². The number of hydrogen-bond donors (Lipinski definition) is 2. The first-order valence-corrected chi connectivity index (χ1v) is 3.62. The summed E-state index contributed by atoms with van der Waals surface area (Å²) in [6.07, 6.45) is 0. The molecule has 54 valence electrons. The number of aromatic hydroxyl groups is 1. The van der Waals surface area contributed by atoms with E-state index >= 15 is 0 Å². The van der Waals surface area contributed by atoms with E-state index in [0.29, 0.717) is 5.56 Å². The van der Waals surface area contributed by atoms with Crippen molar-refractivity contribution in [2.45, 2.75) is 6.61 Å². The zero-order valence-electron chi connectivity index (χ0n) is 5.21. The van der Waals surface area contributed by atoms with Crippen LogP contribution >= 0.6 is 15.9 Å². The topological polar surface area (TPSA) is 40.5 Å². The van der Waals surface area contributed by atoms with E-state index in [1.54, 1.807) is 12.1 Å². The Balaban J connectivity index is 3.17. The van der Waals surface area contributed by atoms with Crippen LogP contribution in [-0.2, 0) is 6.61 Å². The molecule has 1 rings (SSSR count). The Hall–Kier alpha value is -0.540. The molecule has 0 amide bonds. The van der Waals surface area contributed by atoms with Crippen LogP contribution in [0.2, 0.25) is 0 Å². The van der Waals surface area contributed by atoms with Crippen LogP contribution in [0.1, 0.15) is 5.56 Å². The molecular formula is C7H7BrO2. The summed E-state index contributed by atoms with van der Waals surface area (Å²) in [5.74, 6) is 0.122. The van der Waals surface area contributed by atoms with Gasteiger partial charge in [0.1, 0.15) is 5.75 Å². The second kappa shape index (κ2) is 3.03. The van der Waals surface area contributed by atoms with Gasteiger partial charge in [0.15, 0.2) is 0 Å². The van der Waals surface area contributed by atoms with Gasteiger partial charge in [-0.3, -0.25) is 0 Å². The van der Waals surface area contributed by atoms with Crippen molar-refractivity contribution in [2.24, 2.45) is 0 Å². The van der Waals surface area contributed by atoms with E-state index in [9.17, 15) is 0 Å². The second-order valence-electron chi connectivity index (χ2n) is 1.90. The molecule has 0 atom stereocenters. The average Bonchev–Trinajstić information content (AvgIpc) is 1.88. The number of rotatable bonds is 1. The molecule has 0 radical (unpaired) electrons. The highest BCUT2D eigenvalue weighted by Gasteiger charge is 2.01. The molecule has 0 aliphatic carbocycles. The van der Waals surface area contributed by atoms with E-state index in [1.807, 2.05) is 0 Å². The van der Waals surface area contributed by atoms with Gasteiger partial charge in [0.05, 0.1) is 6.61 Å². The molecule has 0 saturated heterocycles. The summed E-state index contributed by atoms with van der Waals surface area (Å²) in [5, 5.41) is 17.8. The van der Waals surface area contributed by atoms with E-state index in [1.165, 1.54) is 6.07 Å². The van der Waals surface area contributed by atoms with Gasteiger partial charge < -0.3 is 10.2 Å². The third-order valence-electron chi connectivity index (χ3n) is 1.25. The third kappa shape index (κ3) is 1.30. The zero-order valence-corrected chi connectivity index (χ0v) is 6.80. The lowest BCUT2D eigenvalue weighted by Gasteiger charge is -2.01. The Morgan fingerprint density at radius 2 is 2.10 bits per heavy atom. The van der Waals surface area contributed by atoms with Gasteiger partial charge in [0.25, 0.3) is 0 Å². The van der Waals surface area contributed by atoms with Crippen molar-refractivity contribution < 1.29 is 10.2 Å². The molecule has 0 heterocycles. The number of aliphatic hydroxyl groups excluding tert-OH is 1. The van der Waals surface area contributed by atoms with Crippen LogP contribution < -0.4 is 0 Å². The molecule has 3 heteroatoms. The van der Waals surface area contributed by atoms with Crippen molar-refractivity contribution in [2.75, 3.05) is 0 Å². The van der Waals surface area contributed by atoms with E-state index in [-0.39, 0.29) is 12.4 Å². The van der Waals surface area contributed by atoms with Crippen molar-refractivity contribution in [3.05, 3.63) is 28.2 Å². The average molecular weight is 203 g/mol. The van der Waals surface area contributed by atoms with Gasteiger partial charge in [0.2, 0.25) is 0 Å². The Kier molecular flexibility index (Phi) is 2.29. The van der Waals surface area contributed by atoms with Crippen LogP contribution in [0.3, 0.4) is 0 Å². The zero-order chi connectivity index (χ0) is 7.56. The molecule has 1 aromatic rings. The fourth-order valence-corrected chi connectivity index (χ4v) is 1.18. The second-order valence-corrected chi connectivity index (χ2v) is 2.75. The fraction of sp³-hybridized carbons (Fsp3) is 0.143. The minimum Gasteiger partial charge on any atom is -0.508 e.